The maximum atomic E-state index is 14.4. The van der Waals surface area contributed by atoms with Gasteiger partial charge < -0.3 is 5.73 Å². The molecule has 0 saturated carbocycles. The molecule has 116 valence electrons. The number of carbonyl (C=O) groups excluding carboxylic acids is 1. The predicted octanol–water partition coefficient (Wildman–Crippen LogP) is 1.42. The van der Waals surface area contributed by atoms with Gasteiger partial charge in [0.05, 0.1) is 10.5 Å². The van der Waals surface area contributed by atoms with Crippen LogP contribution < -0.4 is 10.5 Å². The standard InChI is InChI=1S/C15H15FN2O3S/c1-18-22(20,21)12-8-11(7-10-5-3-2-4-6-10)14(16)13(9-12)15(17)19/h2-6,8-9,18H,7H2,1H3,(H2,17,19). The van der Waals surface area contributed by atoms with E-state index in [0.29, 0.717) is 0 Å². The zero-order valence-electron chi connectivity index (χ0n) is 11.8. The molecule has 7 heteroatoms. The van der Waals surface area contributed by atoms with E-state index in [-0.39, 0.29) is 16.9 Å². The molecule has 0 radical (unpaired) electrons. The van der Waals surface area contributed by atoms with E-state index in [1.165, 1.54) is 13.1 Å². The molecule has 0 bridgehead atoms. The highest BCUT2D eigenvalue weighted by molar-refractivity contribution is 7.89. The van der Waals surface area contributed by atoms with Gasteiger partial charge in [0.2, 0.25) is 10.0 Å². The van der Waals surface area contributed by atoms with Crippen molar-refractivity contribution in [1.82, 2.24) is 4.72 Å². The van der Waals surface area contributed by atoms with Gasteiger partial charge in [-0.3, -0.25) is 4.79 Å². The van der Waals surface area contributed by atoms with Gasteiger partial charge in [0.15, 0.2) is 0 Å². The first-order chi connectivity index (χ1) is 10.3. The summed E-state index contributed by atoms with van der Waals surface area (Å²) < 4.78 is 40.3. The highest BCUT2D eigenvalue weighted by Crippen LogP contribution is 2.22. The maximum absolute atomic E-state index is 14.4. The van der Waals surface area contributed by atoms with Crippen molar-refractivity contribution in [2.24, 2.45) is 5.73 Å². The first-order valence-electron chi connectivity index (χ1n) is 6.45. The van der Waals surface area contributed by atoms with Gasteiger partial charge in [-0.1, -0.05) is 30.3 Å². The van der Waals surface area contributed by atoms with E-state index in [4.69, 9.17) is 5.73 Å². The minimum Gasteiger partial charge on any atom is -0.366 e. The first kappa shape index (κ1) is 16.1. The third kappa shape index (κ3) is 3.32. The number of amides is 1. The summed E-state index contributed by atoms with van der Waals surface area (Å²) in [6.45, 7) is 0. The van der Waals surface area contributed by atoms with Crippen molar-refractivity contribution in [2.45, 2.75) is 11.3 Å². The zero-order chi connectivity index (χ0) is 16.3. The number of sulfonamides is 1. The van der Waals surface area contributed by atoms with Crippen LogP contribution in [0, 0.1) is 5.82 Å². The summed E-state index contributed by atoms with van der Waals surface area (Å²) in [6.07, 6.45) is 0.153. The quantitative estimate of drug-likeness (QED) is 0.872. The van der Waals surface area contributed by atoms with Gasteiger partial charge in [0.1, 0.15) is 5.82 Å². The molecule has 0 heterocycles. The highest BCUT2D eigenvalue weighted by Gasteiger charge is 2.20. The summed E-state index contributed by atoms with van der Waals surface area (Å²) in [5.74, 6) is -1.81. The Hall–Kier alpha value is -2.25. The van der Waals surface area contributed by atoms with Gasteiger partial charge in [-0.05, 0) is 30.3 Å². The Morgan fingerprint density at radius 3 is 2.41 bits per heavy atom. The molecule has 3 N–H and O–H groups in total. The molecule has 0 aliphatic heterocycles. The number of carbonyl (C=O) groups is 1. The minimum absolute atomic E-state index is 0.0938. The smallest absolute Gasteiger partial charge is 0.251 e. The molecule has 1 amide bonds. The van der Waals surface area contributed by atoms with Crippen LogP contribution in [0.1, 0.15) is 21.5 Å². The lowest BCUT2D eigenvalue weighted by molar-refractivity contribution is 0.0996. The van der Waals surface area contributed by atoms with Crippen LogP contribution in [0.25, 0.3) is 0 Å². The molecule has 22 heavy (non-hydrogen) atoms. The average Bonchev–Trinajstić information content (AvgIpc) is 2.49. The summed E-state index contributed by atoms with van der Waals surface area (Å²) in [7, 11) is -2.57. The number of primary amides is 1. The number of nitrogens with two attached hydrogens (primary N) is 1. The number of nitrogens with one attached hydrogen (secondary N) is 1. The summed E-state index contributed by atoms with van der Waals surface area (Å²) in [5, 5.41) is 0. The summed E-state index contributed by atoms with van der Waals surface area (Å²) >= 11 is 0. The lowest BCUT2D eigenvalue weighted by Crippen LogP contribution is -2.21. The third-order valence-corrected chi connectivity index (χ3v) is 4.60. The molecular formula is C15H15FN2O3S. The van der Waals surface area contributed by atoms with Crippen LogP contribution in [0.3, 0.4) is 0 Å². The Bertz CT molecular complexity index is 805. The molecule has 5 nitrogen and oxygen atoms in total. The van der Waals surface area contributed by atoms with Crippen molar-refractivity contribution in [1.29, 1.82) is 0 Å². The van der Waals surface area contributed by atoms with Crippen molar-refractivity contribution in [3.8, 4) is 0 Å². The number of halogens is 1. The zero-order valence-corrected chi connectivity index (χ0v) is 12.7. The van der Waals surface area contributed by atoms with Gasteiger partial charge in [-0.15, -0.1) is 0 Å². The van der Waals surface area contributed by atoms with Crippen LogP contribution in [0.4, 0.5) is 4.39 Å². The second-order valence-corrected chi connectivity index (χ2v) is 6.56. The summed E-state index contributed by atoms with van der Waals surface area (Å²) in [5.41, 5.74) is 5.58. The second kappa shape index (κ2) is 6.25. The lowest BCUT2D eigenvalue weighted by Gasteiger charge is -2.11. The van der Waals surface area contributed by atoms with Crippen molar-refractivity contribution >= 4 is 15.9 Å². The minimum atomic E-state index is -3.81. The fourth-order valence-corrected chi connectivity index (χ4v) is 2.86. The molecule has 0 aliphatic carbocycles. The molecule has 0 saturated heterocycles. The molecule has 2 rings (SSSR count). The predicted molar refractivity (Wildman–Crippen MR) is 80.4 cm³/mol. The molecule has 0 spiro atoms. The van der Waals surface area contributed by atoms with E-state index in [2.05, 4.69) is 4.72 Å². The third-order valence-electron chi connectivity index (χ3n) is 3.20. The fraction of sp³-hybridized carbons (Fsp3) is 0.133. The topological polar surface area (TPSA) is 89.3 Å². The molecule has 0 unspecified atom stereocenters. The first-order valence-corrected chi connectivity index (χ1v) is 7.93. The van der Waals surface area contributed by atoms with E-state index in [0.717, 1.165) is 11.6 Å². The molecule has 0 fully saturated rings. The summed E-state index contributed by atoms with van der Waals surface area (Å²) in [6, 6.07) is 11.1. The lowest BCUT2D eigenvalue weighted by atomic mass is 10.0. The highest BCUT2D eigenvalue weighted by atomic mass is 32.2. The van der Waals surface area contributed by atoms with Crippen molar-refractivity contribution in [3.05, 3.63) is 65.0 Å². The molecule has 0 atom stereocenters. The van der Waals surface area contributed by atoms with Crippen LogP contribution in [0.15, 0.2) is 47.4 Å². The number of benzene rings is 2. The molecule has 0 aromatic heterocycles. The molecule has 2 aromatic carbocycles. The van der Waals surface area contributed by atoms with Gasteiger partial charge in [-0.25, -0.2) is 17.5 Å². The van der Waals surface area contributed by atoms with E-state index < -0.39 is 27.3 Å². The fourth-order valence-electron chi connectivity index (χ4n) is 2.05. The van der Waals surface area contributed by atoms with E-state index in [1.54, 1.807) is 24.3 Å². The van der Waals surface area contributed by atoms with Crippen LogP contribution in [-0.4, -0.2) is 21.4 Å². The Labute approximate surface area is 128 Å². The van der Waals surface area contributed by atoms with Crippen molar-refractivity contribution < 1.29 is 17.6 Å². The Kier molecular flexibility index (Phi) is 4.58. The van der Waals surface area contributed by atoms with Crippen LogP contribution in [0.5, 0.6) is 0 Å². The Morgan fingerprint density at radius 2 is 1.86 bits per heavy atom. The Morgan fingerprint density at radius 1 is 1.23 bits per heavy atom. The van der Waals surface area contributed by atoms with Gasteiger partial charge in [0, 0.05) is 6.42 Å². The second-order valence-electron chi connectivity index (χ2n) is 4.68. The maximum Gasteiger partial charge on any atom is 0.251 e. The van der Waals surface area contributed by atoms with Crippen molar-refractivity contribution in [2.75, 3.05) is 7.05 Å². The van der Waals surface area contributed by atoms with Gasteiger partial charge >= 0.3 is 0 Å². The largest absolute Gasteiger partial charge is 0.366 e. The van der Waals surface area contributed by atoms with Gasteiger partial charge in [0.25, 0.3) is 5.91 Å². The van der Waals surface area contributed by atoms with Crippen molar-refractivity contribution in [3.63, 3.8) is 0 Å². The summed E-state index contributed by atoms with van der Waals surface area (Å²) in [4.78, 5) is 11.2. The Balaban J connectivity index is 2.60. The number of hydrogen-bond donors (Lipinski definition) is 2. The van der Waals surface area contributed by atoms with E-state index >= 15 is 0 Å². The SMILES string of the molecule is CNS(=O)(=O)c1cc(Cc2ccccc2)c(F)c(C(N)=O)c1. The van der Waals surface area contributed by atoms with Crippen LogP contribution in [0.2, 0.25) is 0 Å². The average molecular weight is 322 g/mol. The number of rotatable bonds is 5. The van der Waals surface area contributed by atoms with Crippen LogP contribution in [-0.2, 0) is 16.4 Å². The van der Waals surface area contributed by atoms with Gasteiger partial charge in [-0.2, -0.15) is 0 Å². The molecule has 2 aromatic rings. The molecular weight excluding hydrogens is 307 g/mol. The number of hydrogen-bond acceptors (Lipinski definition) is 3. The van der Waals surface area contributed by atoms with E-state index in [1.807, 2.05) is 6.07 Å². The van der Waals surface area contributed by atoms with E-state index in [9.17, 15) is 17.6 Å². The molecule has 0 aliphatic rings. The normalized spacial score (nSPS) is 11.4. The monoisotopic (exact) mass is 322 g/mol. The van der Waals surface area contributed by atoms with Crippen LogP contribution >= 0.6 is 0 Å².